The minimum absolute atomic E-state index is 0.116. The molecule has 1 aromatic rings. The van der Waals surface area contributed by atoms with Crippen molar-refractivity contribution in [2.45, 2.75) is 26.0 Å². The molecule has 1 fully saturated rings. The van der Waals surface area contributed by atoms with E-state index in [-0.39, 0.29) is 12.1 Å². The molecule has 0 amide bonds. The monoisotopic (exact) mass is 370 g/mol. The number of anilines is 1. The number of esters is 1. The molecule has 0 saturated carbocycles. The molecule has 1 aromatic carbocycles. The molecule has 1 heterocycles. The number of hydrogen-bond donors (Lipinski definition) is 1. The Balaban J connectivity index is 2.15. The zero-order valence-corrected chi connectivity index (χ0v) is 14.9. The molecule has 1 aliphatic rings. The van der Waals surface area contributed by atoms with Gasteiger partial charge in [0.05, 0.1) is 31.1 Å². The zero-order chi connectivity index (χ0) is 16.1. The van der Waals surface area contributed by atoms with Crippen LogP contribution in [0.3, 0.4) is 0 Å². The summed E-state index contributed by atoms with van der Waals surface area (Å²) in [5, 5.41) is 3.39. The summed E-state index contributed by atoms with van der Waals surface area (Å²) in [7, 11) is 1.40. The number of nitrogens with zero attached hydrogens (tertiary/aromatic N) is 1. The van der Waals surface area contributed by atoms with Gasteiger partial charge in [-0.05, 0) is 18.2 Å². The van der Waals surface area contributed by atoms with E-state index in [0.29, 0.717) is 18.2 Å². The van der Waals surface area contributed by atoms with Gasteiger partial charge >= 0.3 is 5.97 Å². The van der Waals surface area contributed by atoms with Crippen molar-refractivity contribution < 1.29 is 14.3 Å². The van der Waals surface area contributed by atoms with E-state index in [4.69, 9.17) is 9.47 Å². The number of hydrogen-bond acceptors (Lipinski definition) is 5. The van der Waals surface area contributed by atoms with E-state index in [9.17, 15) is 4.79 Å². The number of morpholine rings is 1. The Labute approximate surface area is 140 Å². The predicted molar refractivity (Wildman–Crippen MR) is 90.6 cm³/mol. The molecule has 22 heavy (non-hydrogen) atoms. The third kappa shape index (κ3) is 4.44. The molecular formula is C16H23BrN2O3. The molecule has 5 nitrogen and oxygen atoms in total. The van der Waals surface area contributed by atoms with Gasteiger partial charge < -0.3 is 19.7 Å². The fraction of sp³-hybridized carbons (Fsp3) is 0.562. The molecule has 0 aliphatic carbocycles. The lowest BCUT2D eigenvalue weighted by Gasteiger charge is -2.35. The van der Waals surface area contributed by atoms with Crippen molar-refractivity contribution in [1.29, 1.82) is 0 Å². The Morgan fingerprint density at radius 1 is 1.55 bits per heavy atom. The number of ether oxygens (including phenoxy) is 2. The molecule has 0 spiro atoms. The second kappa shape index (κ2) is 7.94. The van der Waals surface area contributed by atoms with Crippen molar-refractivity contribution in [2.24, 2.45) is 0 Å². The average Bonchev–Trinajstić information content (AvgIpc) is 2.52. The Morgan fingerprint density at radius 3 is 3.00 bits per heavy atom. The minimum atomic E-state index is -0.320. The van der Waals surface area contributed by atoms with E-state index < -0.39 is 0 Å². The van der Waals surface area contributed by atoms with Crippen molar-refractivity contribution >= 4 is 27.6 Å². The van der Waals surface area contributed by atoms with Gasteiger partial charge in [-0.15, -0.1) is 0 Å². The SMILES string of the molecule is COC(=O)c1cc(Br)ccc1N1CCO[C@H](CNC(C)C)C1. The molecule has 1 atom stereocenters. The standard InChI is InChI=1S/C16H23BrN2O3/c1-11(2)18-9-13-10-19(6-7-22-13)15-5-4-12(17)8-14(15)16(20)21-3/h4-5,8,11,13,18H,6-7,9-10H2,1-3H3/t13-/m1/s1. The summed E-state index contributed by atoms with van der Waals surface area (Å²) in [5.41, 5.74) is 1.47. The normalized spacial score (nSPS) is 18.6. The summed E-state index contributed by atoms with van der Waals surface area (Å²) in [6.07, 6.45) is 0.116. The first-order valence-corrected chi connectivity index (χ1v) is 8.28. The first-order chi connectivity index (χ1) is 10.5. The summed E-state index contributed by atoms with van der Waals surface area (Å²) < 4.78 is 11.6. The fourth-order valence-corrected chi connectivity index (χ4v) is 2.85. The molecule has 6 heteroatoms. The quantitative estimate of drug-likeness (QED) is 0.806. The highest BCUT2D eigenvalue weighted by Crippen LogP contribution is 2.27. The van der Waals surface area contributed by atoms with Gasteiger partial charge in [-0.2, -0.15) is 0 Å². The summed E-state index contributed by atoms with van der Waals surface area (Å²) >= 11 is 3.41. The maximum absolute atomic E-state index is 12.0. The van der Waals surface area contributed by atoms with Crippen molar-refractivity contribution in [2.75, 3.05) is 38.3 Å². The van der Waals surface area contributed by atoms with Crippen LogP contribution in [0.1, 0.15) is 24.2 Å². The Hall–Kier alpha value is -1.11. The van der Waals surface area contributed by atoms with Crippen LogP contribution in [0.15, 0.2) is 22.7 Å². The fourth-order valence-electron chi connectivity index (χ4n) is 2.49. The molecule has 1 saturated heterocycles. The highest BCUT2D eigenvalue weighted by molar-refractivity contribution is 9.10. The molecule has 0 unspecified atom stereocenters. The van der Waals surface area contributed by atoms with Crippen LogP contribution in [0.2, 0.25) is 0 Å². The lowest BCUT2D eigenvalue weighted by Crippen LogP contribution is -2.48. The highest BCUT2D eigenvalue weighted by atomic mass is 79.9. The van der Waals surface area contributed by atoms with Gasteiger partial charge in [0.1, 0.15) is 0 Å². The highest BCUT2D eigenvalue weighted by Gasteiger charge is 2.24. The smallest absolute Gasteiger partial charge is 0.340 e. The lowest BCUT2D eigenvalue weighted by atomic mass is 10.1. The van der Waals surface area contributed by atoms with Crippen LogP contribution < -0.4 is 10.2 Å². The third-order valence-corrected chi connectivity index (χ3v) is 4.09. The molecule has 122 valence electrons. The van der Waals surface area contributed by atoms with Gasteiger partial charge in [0, 0.05) is 30.1 Å². The van der Waals surface area contributed by atoms with Gasteiger partial charge in [-0.3, -0.25) is 0 Å². The molecule has 2 rings (SSSR count). The molecule has 1 aliphatic heterocycles. The molecule has 0 bridgehead atoms. The van der Waals surface area contributed by atoms with Crippen molar-refractivity contribution in [3.63, 3.8) is 0 Å². The second-order valence-corrected chi connectivity index (χ2v) is 6.57. The lowest BCUT2D eigenvalue weighted by molar-refractivity contribution is 0.0394. The van der Waals surface area contributed by atoms with Gasteiger partial charge in [0.25, 0.3) is 0 Å². The van der Waals surface area contributed by atoms with Gasteiger partial charge in [0.15, 0.2) is 0 Å². The molecule has 0 radical (unpaired) electrons. The van der Waals surface area contributed by atoms with Crippen LogP contribution in [0, 0.1) is 0 Å². The Morgan fingerprint density at radius 2 is 2.32 bits per heavy atom. The van der Waals surface area contributed by atoms with E-state index in [1.165, 1.54) is 7.11 Å². The number of rotatable bonds is 5. The van der Waals surface area contributed by atoms with Crippen LogP contribution >= 0.6 is 15.9 Å². The number of carbonyl (C=O) groups excluding carboxylic acids is 1. The van der Waals surface area contributed by atoms with E-state index in [2.05, 4.69) is 40.0 Å². The van der Waals surface area contributed by atoms with Gasteiger partial charge in [-0.25, -0.2) is 4.79 Å². The number of carbonyl (C=O) groups is 1. The third-order valence-electron chi connectivity index (χ3n) is 3.60. The average molecular weight is 371 g/mol. The number of benzene rings is 1. The number of halogens is 1. The largest absolute Gasteiger partial charge is 0.465 e. The van der Waals surface area contributed by atoms with Crippen LogP contribution in [0.5, 0.6) is 0 Å². The van der Waals surface area contributed by atoms with Crippen LogP contribution in [0.4, 0.5) is 5.69 Å². The van der Waals surface area contributed by atoms with Crippen LogP contribution in [-0.2, 0) is 9.47 Å². The summed E-state index contributed by atoms with van der Waals surface area (Å²) in [6, 6.07) is 6.13. The van der Waals surface area contributed by atoms with E-state index >= 15 is 0 Å². The summed E-state index contributed by atoms with van der Waals surface area (Å²) in [5.74, 6) is -0.320. The number of methoxy groups -OCH3 is 1. The first kappa shape index (κ1) is 17.2. The maximum Gasteiger partial charge on any atom is 0.340 e. The second-order valence-electron chi connectivity index (χ2n) is 5.65. The van der Waals surface area contributed by atoms with Crippen molar-refractivity contribution in [3.05, 3.63) is 28.2 Å². The van der Waals surface area contributed by atoms with E-state index in [0.717, 1.165) is 29.8 Å². The van der Waals surface area contributed by atoms with Gasteiger partial charge in [0.2, 0.25) is 0 Å². The summed E-state index contributed by atoms with van der Waals surface area (Å²) in [4.78, 5) is 14.2. The van der Waals surface area contributed by atoms with E-state index in [1.807, 2.05) is 12.1 Å². The zero-order valence-electron chi connectivity index (χ0n) is 13.3. The topological polar surface area (TPSA) is 50.8 Å². The number of nitrogens with one attached hydrogen (secondary N) is 1. The summed E-state index contributed by atoms with van der Waals surface area (Å²) in [6.45, 7) is 7.21. The molecule has 0 aromatic heterocycles. The Bertz CT molecular complexity index is 522. The Kier molecular flexibility index (Phi) is 6.23. The maximum atomic E-state index is 12.0. The van der Waals surface area contributed by atoms with Crippen molar-refractivity contribution in [3.8, 4) is 0 Å². The predicted octanol–water partition coefficient (Wildman–Crippen LogP) is 2.44. The minimum Gasteiger partial charge on any atom is -0.465 e. The van der Waals surface area contributed by atoms with Gasteiger partial charge in [-0.1, -0.05) is 29.8 Å². The van der Waals surface area contributed by atoms with E-state index in [1.54, 1.807) is 6.07 Å². The molecular weight excluding hydrogens is 348 g/mol. The molecule has 1 N–H and O–H groups in total. The van der Waals surface area contributed by atoms with Crippen LogP contribution in [-0.4, -0.2) is 51.5 Å². The first-order valence-electron chi connectivity index (χ1n) is 7.49. The van der Waals surface area contributed by atoms with Crippen molar-refractivity contribution in [1.82, 2.24) is 5.32 Å². The van der Waals surface area contributed by atoms with Crippen LogP contribution in [0.25, 0.3) is 0 Å².